The number of aromatic hydroxyl groups is 1. The molecule has 1 aromatic carbocycles. The number of nitrogens with zero attached hydrogens (tertiary/aromatic N) is 2. The molecule has 5 heteroatoms. The van der Waals surface area contributed by atoms with Crippen LogP contribution in [0.15, 0.2) is 30.6 Å². The molecule has 0 fully saturated rings. The van der Waals surface area contributed by atoms with E-state index in [4.69, 9.17) is 17.3 Å². The molecule has 3 N–H and O–H groups in total. The minimum atomic E-state index is 0.110. The highest BCUT2D eigenvalue weighted by Gasteiger charge is 2.05. The highest BCUT2D eigenvalue weighted by Crippen LogP contribution is 2.24. The molecule has 0 aliphatic heterocycles. The van der Waals surface area contributed by atoms with Crippen molar-refractivity contribution in [3.63, 3.8) is 0 Å². The first-order valence-corrected chi connectivity index (χ1v) is 4.33. The summed E-state index contributed by atoms with van der Waals surface area (Å²) in [6.07, 6.45) is 3.08. The maximum absolute atomic E-state index is 9.54. The normalized spacial score (nSPS) is 10.4. The van der Waals surface area contributed by atoms with Gasteiger partial charge in [0.1, 0.15) is 11.4 Å². The maximum Gasteiger partial charge on any atom is 0.141 e. The molecule has 0 atom stereocenters. The molecule has 0 spiro atoms. The van der Waals surface area contributed by atoms with E-state index in [1.165, 1.54) is 16.9 Å². The van der Waals surface area contributed by atoms with Crippen molar-refractivity contribution in [3.8, 4) is 11.4 Å². The Morgan fingerprint density at radius 2 is 2.21 bits per heavy atom. The smallest absolute Gasteiger partial charge is 0.141 e. The van der Waals surface area contributed by atoms with Gasteiger partial charge in [0.25, 0.3) is 0 Å². The van der Waals surface area contributed by atoms with E-state index in [0.29, 0.717) is 16.4 Å². The second-order valence-electron chi connectivity index (χ2n) is 2.85. The van der Waals surface area contributed by atoms with Gasteiger partial charge < -0.3 is 10.8 Å². The van der Waals surface area contributed by atoms with Gasteiger partial charge in [0, 0.05) is 11.9 Å². The molecular weight excluding hydrogens is 202 g/mol. The van der Waals surface area contributed by atoms with Gasteiger partial charge in [0.05, 0.1) is 11.2 Å². The van der Waals surface area contributed by atoms with Gasteiger partial charge in [-0.05, 0) is 18.2 Å². The first-order chi connectivity index (χ1) is 6.66. The number of hydrogen-bond acceptors (Lipinski definition) is 3. The Bertz CT molecular complexity index is 467. The summed E-state index contributed by atoms with van der Waals surface area (Å²) in [6.45, 7) is 0. The topological polar surface area (TPSA) is 64.1 Å². The van der Waals surface area contributed by atoms with Gasteiger partial charge in [-0.15, -0.1) is 0 Å². The van der Waals surface area contributed by atoms with Gasteiger partial charge >= 0.3 is 0 Å². The zero-order chi connectivity index (χ0) is 10.1. The van der Waals surface area contributed by atoms with Crippen molar-refractivity contribution >= 4 is 17.3 Å². The summed E-state index contributed by atoms with van der Waals surface area (Å²) in [5, 5.41) is 14.0. The lowest BCUT2D eigenvalue weighted by Gasteiger charge is -2.04. The van der Waals surface area contributed by atoms with Gasteiger partial charge in [0.15, 0.2) is 0 Å². The SMILES string of the molecule is Nc1ccc(O)c(-n2cc(Cl)cn2)c1. The van der Waals surface area contributed by atoms with Crippen molar-refractivity contribution in [1.29, 1.82) is 0 Å². The summed E-state index contributed by atoms with van der Waals surface area (Å²) < 4.78 is 1.47. The van der Waals surface area contributed by atoms with Gasteiger partial charge in [-0.1, -0.05) is 11.6 Å². The molecule has 0 amide bonds. The van der Waals surface area contributed by atoms with Crippen LogP contribution in [0.4, 0.5) is 5.69 Å². The predicted molar refractivity (Wildman–Crippen MR) is 54.7 cm³/mol. The Kier molecular flexibility index (Phi) is 2.05. The van der Waals surface area contributed by atoms with E-state index in [2.05, 4.69) is 5.10 Å². The van der Waals surface area contributed by atoms with Crippen molar-refractivity contribution in [2.75, 3.05) is 5.73 Å². The van der Waals surface area contributed by atoms with Crippen LogP contribution in [0.5, 0.6) is 5.75 Å². The Hall–Kier alpha value is -1.68. The lowest BCUT2D eigenvalue weighted by atomic mass is 10.2. The monoisotopic (exact) mass is 209 g/mol. The Balaban J connectivity index is 2.55. The number of phenols is 1. The second-order valence-corrected chi connectivity index (χ2v) is 3.29. The number of halogens is 1. The minimum Gasteiger partial charge on any atom is -0.506 e. The molecule has 0 bridgehead atoms. The summed E-state index contributed by atoms with van der Waals surface area (Å²) in [7, 11) is 0. The van der Waals surface area contributed by atoms with E-state index in [1.807, 2.05) is 0 Å². The molecule has 0 saturated carbocycles. The van der Waals surface area contributed by atoms with Gasteiger partial charge in [-0.2, -0.15) is 5.10 Å². The summed E-state index contributed by atoms with van der Waals surface area (Å²) in [5.74, 6) is 0.110. The van der Waals surface area contributed by atoms with Crippen LogP contribution in [-0.4, -0.2) is 14.9 Å². The van der Waals surface area contributed by atoms with Crippen molar-refractivity contribution in [2.45, 2.75) is 0 Å². The standard InChI is InChI=1S/C9H8ClN3O/c10-6-4-12-13(5-6)8-3-7(11)1-2-9(8)14/h1-5,14H,11H2. The predicted octanol–water partition coefficient (Wildman–Crippen LogP) is 1.81. The van der Waals surface area contributed by atoms with Crippen molar-refractivity contribution in [2.24, 2.45) is 0 Å². The van der Waals surface area contributed by atoms with E-state index in [0.717, 1.165) is 0 Å². The molecule has 0 radical (unpaired) electrons. The zero-order valence-corrected chi connectivity index (χ0v) is 7.94. The van der Waals surface area contributed by atoms with Crippen LogP contribution in [0, 0.1) is 0 Å². The van der Waals surface area contributed by atoms with Crippen LogP contribution in [-0.2, 0) is 0 Å². The fourth-order valence-electron chi connectivity index (χ4n) is 1.16. The third-order valence-electron chi connectivity index (χ3n) is 1.80. The fourth-order valence-corrected chi connectivity index (χ4v) is 1.29. The quantitative estimate of drug-likeness (QED) is 0.556. The molecule has 0 saturated heterocycles. The molecule has 4 nitrogen and oxygen atoms in total. The lowest BCUT2D eigenvalue weighted by molar-refractivity contribution is 0.470. The molecule has 1 heterocycles. The van der Waals surface area contributed by atoms with E-state index in [-0.39, 0.29) is 5.75 Å². The summed E-state index contributed by atoms with van der Waals surface area (Å²) in [5.41, 5.74) is 6.66. The molecule has 0 aliphatic carbocycles. The average Bonchev–Trinajstić information content (AvgIpc) is 2.56. The van der Waals surface area contributed by atoms with Crippen LogP contribution >= 0.6 is 11.6 Å². The Labute approximate surface area is 85.5 Å². The molecule has 72 valence electrons. The van der Waals surface area contributed by atoms with Gasteiger partial charge in [-0.3, -0.25) is 0 Å². The van der Waals surface area contributed by atoms with E-state index in [9.17, 15) is 5.11 Å². The van der Waals surface area contributed by atoms with Crippen LogP contribution in [0.1, 0.15) is 0 Å². The highest BCUT2D eigenvalue weighted by atomic mass is 35.5. The van der Waals surface area contributed by atoms with E-state index in [1.54, 1.807) is 18.3 Å². The van der Waals surface area contributed by atoms with E-state index < -0.39 is 0 Å². The number of phenolic OH excluding ortho intramolecular Hbond substituents is 1. The van der Waals surface area contributed by atoms with Gasteiger partial charge in [0.2, 0.25) is 0 Å². The lowest BCUT2D eigenvalue weighted by Crippen LogP contribution is -1.96. The minimum absolute atomic E-state index is 0.110. The zero-order valence-electron chi connectivity index (χ0n) is 7.18. The van der Waals surface area contributed by atoms with Crippen LogP contribution < -0.4 is 5.73 Å². The van der Waals surface area contributed by atoms with Crippen molar-refractivity contribution in [1.82, 2.24) is 9.78 Å². The molecule has 2 rings (SSSR count). The molecule has 14 heavy (non-hydrogen) atoms. The number of rotatable bonds is 1. The summed E-state index contributed by atoms with van der Waals surface area (Å²) >= 11 is 5.71. The average molecular weight is 210 g/mol. The van der Waals surface area contributed by atoms with Gasteiger partial charge in [-0.25, -0.2) is 4.68 Å². The number of aromatic nitrogens is 2. The number of benzene rings is 1. The first kappa shape index (κ1) is 8.90. The number of nitrogens with two attached hydrogens (primary N) is 1. The largest absolute Gasteiger partial charge is 0.506 e. The first-order valence-electron chi connectivity index (χ1n) is 3.96. The Morgan fingerprint density at radius 3 is 2.86 bits per heavy atom. The molecule has 2 aromatic rings. The Morgan fingerprint density at radius 1 is 1.43 bits per heavy atom. The molecular formula is C9H8ClN3O. The third kappa shape index (κ3) is 1.52. The number of hydrogen-bond donors (Lipinski definition) is 2. The third-order valence-corrected chi connectivity index (χ3v) is 1.99. The highest BCUT2D eigenvalue weighted by molar-refractivity contribution is 6.30. The van der Waals surface area contributed by atoms with Crippen molar-refractivity contribution < 1.29 is 5.11 Å². The van der Waals surface area contributed by atoms with Crippen LogP contribution in [0.25, 0.3) is 5.69 Å². The number of anilines is 1. The van der Waals surface area contributed by atoms with Crippen molar-refractivity contribution in [3.05, 3.63) is 35.6 Å². The molecule has 0 aliphatic rings. The summed E-state index contributed by atoms with van der Waals surface area (Å²) in [6, 6.07) is 4.75. The van der Waals surface area contributed by atoms with Crippen LogP contribution in [0.3, 0.4) is 0 Å². The second kappa shape index (κ2) is 3.23. The van der Waals surface area contributed by atoms with Crippen LogP contribution in [0.2, 0.25) is 5.02 Å². The molecule has 0 unspecified atom stereocenters. The number of nitrogen functional groups attached to an aromatic ring is 1. The summed E-state index contributed by atoms with van der Waals surface area (Å²) in [4.78, 5) is 0. The maximum atomic E-state index is 9.54. The molecule has 1 aromatic heterocycles. The fraction of sp³-hybridized carbons (Fsp3) is 0. The van der Waals surface area contributed by atoms with E-state index >= 15 is 0 Å².